The Bertz CT molecular complexity index is 972. The number of amides is 3. The Kier molecular flexibility index (Phi) is 5.77. The highest BCUT2D eigenvalue weighted by atomic mass is 16.5. The molecular weight excluding hydrogens is 392 g/mol. The standard InChI is InChI=1S/C20H22N4O6/c25-7-6-21-9-13-8-12(23-30-13)11-29-17-3-1-2-14-15(17)10-24(20(14)28)16-4-5-18(26)22-19(16)27/h1-3,8,16,21,25H,4-7,9-11H2,(H,22,26,27). The fraction of sp³-hybridized carbons (Fsp3) is 0.400. The Morgan fingerprint density at radius 3 is 3.00 bits per heavy atom. The molecule has 1 aromatic carbocycles. The molecule has 30 heavy (non-hydrogen) atoms. The summed E-state index contributed by atoms with van der Waals surface area (Å²) in [6.07, 6.45) is 0.522. The number of hydrogen-bond acceptors (Lipinski definition) is 8. The molecule has 0 bridgehead atoms. The van der Waals surface area contributed by atoms with Crippen molar-refractivity contribution in [2.75, 3.05) is 13.2 Å². The third-order valence-corrected chi connectivity index (χ3v) is 5.11. The number of fused-ring (bicyclic) bond motifs is 1. The summed E-state index contributed by atoms with van der Waals surface area (Å²) in [5, 5.41) is 18.0. The highest BCUT2D eigenvalue weighted by Gasteiger charge is 2.40. The van der Waals surface area contributed by atoms with Gasteiger partial charge in [-0.05, 0) is 18.6 Å². The maximum Gasteiger partial charge on any atom is 0.255 e. The molecule has 0 saturated carbocycles. The number of nitrogens with one attached hydrogen (secondary N) is 2. The van der Waals surface area contributed by atoms with Crippen LogP contribution in [0.25, 0.3) is 0 Å². The molecule has 2 aliphatic heterocycles. The first-order valence-corrected chi connectivity index (χ1v) is 9.72. The number of aliphatic hydroxyl groups is 1. The third kappa shape index (κ3) is 4.05. The van der Waals surface area contributed by atoms with E-state index in [2.05, 4.69) is 15.8 Å². The van der Waals surface area contributed by atoms with Crippen LogP contribution in [-0.2, 0) is 29.3 Å². The van der Waals surface area contributed by atoms with Gasteiger partial charge in [-0.25, -0.2) is 0 Å². The van der Waals surface area contributed by atoms with Crippen LogP contribution in [0.3, 0.4) is 0 Å². The van der Waals surface area contributed by atoms with Crippen molar-refractivity contribution in [1.82, 2.24) is 20.7 Å². The number of hydrogen-bond donors (Lipinski definition) is 3. The van der Waals surface area contributed by atoms with Gasteiger partial charge < -0.3 is 24.6 Å². The second-order valence-electron chi connectivity index (χ2n) is 7.16. The maximum absolute atomic E-state index is 12.8. The van der Waals surface area contributed by atoms with Gasteiger partial charge in [-0.2, -0.15) is 0 Å². The molecule has 0 spiro atoms. The van der Waals surface area contributed by atoms with Gasteiger partial charge in [-0.1, -0.05) is 11.2 Å². The Morgan fingerprint density at radius 2 is 2.20 bits per heavy atom. The molecule has 1 aromatic heterocycles. The molecule has 3 amide bonds. The predicted molar refractivity (Wildman–Crippen MR) is 102 cm³/mol. The van der Waals surface area contributed by atoms with Crippen LogP contribution in [0.4, 0.5) is 0 Å². The van der Waals surface area contributed by atoms with E-state index in [0.717, 1.165) is 0 Å². The smallest absolute Gasteiger partial charge is 0.255 e. The van der Waals surface area contributed by atoms with E-state index in [1.54, 1.807) is 24.3 Å². The van der Waals surface area contributed by atoms with E-state index in [-0.39, 0.29) is 38.0 Å². The molecule has 3 N–H and O–H groups in total. The summed E-state index contributed by atoms with van der Waals surface area (Å²) in [5.74, 6) is 0.157. The first-order chi connectivity index (χ1) is 14.6. The summed E-state index contributed by atoms with van der Waals surface area (Å²) in [4.78, 5) is 37.9. The Morgan fingerprint density at radius 1 is 1.33 bits per heavy atom. The molecule has 10 heteroatoms. The third-order valence-electron chi connectivity index (χ3n) is 5.11. The van der Waals surface area contributed by atoms with Crippen LogP contribution >= 0.6 is 0 Å². The lowest BCUT2D eigenvalue weighted by Gasteiger charge is -2.29. The van der Waals surface area contributed by atoms with Crippen LogP contribution in [0.15, 0.2) is 28.8 Å². The van der Waals surface area contributed by atoms with Crippen LogP contribution in [0.1, 0.15) is 40.2 Å². The predicted octanol–water partition coefficient (Wildman–Crippen LogP) is 0.0965. The average molecular weight is 414 g/mol. The number of carbonyl (C=O) groups excluding carboxylic acids is 3. The Hall–Kier alpha value is -3.24. The first-order valence-electron chi connectivity index (χ1n) is 9.72. The van der Waals surface area contributed by atoms with Crippen molar-refractivity contribution >= 4 is 17.7 Å². The summed E-state index contributed by atoms with van der Waals surface area (Å²) in [6.45, 7) is 1.35. The number of aromatic nitrogens is 1. The highest BCUT2D eigenvalue weighted by Crippen LogP contribution is 2.33. The van der Waals surface area contributed by atoms with Gasteiger partial charge in [0.15, 0.2) is 5.76 Å². The number of carbonyl (C=O) groups is 3. The van der Waals surface area contributed by atoms with Crippen LogP contribution in [-0.4, -0.2) is 52.1 Å². The van der Waals surface area contributed by atoms with Gasteiger partial charge >= 0.3 is 0 Å². The van der Waals surface area contributed by atoms with Gasteiger partial charge in [0.05, 0.1) is 19.7 Å². The number of rotatable bonds is 8. The van der Waals surface area contributed by atoms with E-state index in [4.69, 9.17) is 14.4 Å². The summed E-state index contributed by atoms with van der Waals surface area (Å²) >= 11 is 0. The van der Waals surface area contributed by atoms with Crippen molar-refractivity contribution in [3.63, 3.8) is 0 Å². The van der Waals surface area contributed by atoms with E-state index >= 15 is 0 Å². The number of imide groups is 1. The quantitative estimate of drug-likeness (QED) is 0.409. The summed E-state index contributed by atoms with van der Waals surface area (Å²) in [7, 11) is 0. The summed E-state index contributed by atoms with van der Waals surface area (Å²) in [6, 6.07) is 6.29. The largest absolute Gasteiger partial charge is 0.487 e. The first kappa shape index (κ1) is 20.0. The minimum absolute atomic E-state index is 0.0395. The molecule has 2 aromatic rings. The van der Waals surface area contributed by atoms with Crippen molar-refractivity contribution < 1.29 is 28.8 Å². The average Bonchev–Trinajstić information content (AvgIpc) is 3.32. The number of benzene rings is 1. The molecule has 0 radical (unpaired) electrons. The Balaban J connectivity index is 1.43. The highest BCUT2D eigenvalue weighted by molar-refractivity contribution is 6.05. The van der Waals surface area contributed by atoms with Crippen molar-refractivity contribution in [3.05, 3.63) is 46.8 Å². The van der Waals surface area contributed by atoms with Crippen LogP contribution in [0.5, 0.6) is 5.75 Å². The van der Waals surface area contributed by atoms with Gasteiger partial charge in [0.2, 0.25) is 11.8 Å². The SMILES string of the molecule is O=C1CCC(N2Cc3c(OCc4cc(CNCCO)on4)cccc3C2=O)C(=O)N1. The zero-order valence-corrected chi connectivity index (χ0v) is 16.2. The van der Waals surface area contributed by atoms with Crippen molar-refractivity contribution in [2.24, 2.45) is 0 Å². The number of nitrogens with zero attached hydrogens (tertiary/aromatic N) is 2. The molecule has 0 aliphatic carbocycles. The lowest BCUT2D eigenvalue weighted by Crippen LogP contribution is -2.52. The molecule has 1 atom stereocenters. The molecule has 2 aliphatic rings. The number of aliphatic hydroxyl groups excluding tert-OH is 1. The van der Waals surface area contributed by atoms with Crippen LogP contribution in [0, 0.1) is 0 Å². The molecule has 4 rings (SSSR count). The molecule has 1 fully saturated rings. The minimum atomic E-state index is -0.667. The summed E-state index contributed by atoms with van der Waals surface area (Å²) in [5.41, 5.74) is 1.80. The summed E-state index contributed by atoms with van der Waals surface area (Å²) < 4.78 is 11.1. The van der Waals surface area contributed by atoms with Crippen molar-refractivity contribution in [3.8, 4) is 5.75 Å². The zero-order chi connectivity index (χ0) is 21.1. The van der Waals surface area contributed by atoms with E-state index in [1.165, 1.54) is 4.90 Å². The van der Waals surface area contributed by atoms with Gasteiger partial charge in [-0.3, -0.25) is 19.7 Å². The topological polar surface area (TPSA) is 134 Å². The fourth-order valence-corrected chi connectivity index (χ4v) is 3.64. The van der Waals surface area contributed by atoms with E-state index in [1.807, 2.05) is 0 Å². The lowest BCUT2D eigenvalue weighted by atomic mass is 10.0. The number of piperidine rings is 1. The van der Waals surface area contributed by atoms with E-state index in [0.29, 0.717) is 47.8 Å². The second kappa shape index (κ2) is 8.64. The Labute approximate surface area is 172 Å². The minimum Gasteiger partial charge on any atom is -0.487 e. The van der Waals surface area contributed by atoms with E-state index in [9.17, 15) is 14.4 Å². The van der Waals surface area contributed by atoms with Crippen LogP contribution in [0.2, 0.25) is 0 Å². The molecule has 1 unspecified atom stereocenters. The van der Waals surface area contributed by atoms with Crippen molar-refractivity contribution in [2.45, 2.75) is 38.6 Å². The van der Waals surface area contributed by atoms with Gasteiger partial charge in [0.1, 0.15) is 24.1 Å². The molecule has 3 heterocycles. The number of ether oxygens (including phenoxy) is 1. The van der Waals surface area contributed by atoms with Gasteiger partial charge in [0, 0.05) is 30.2 Å². The molecular formula is C20H22N4O6. The molecule has 10 nitrogen and oxygen atoms in total. The van der Waals surface area contributed by atoms with Crippen LogP contribution < -0.4 is 15.4 Å². The zero-order valence-electron chi connectivity index (χ0n) is 16.2. The normalized spacial score (nSPS) is 18.5. The molecule has 1 saturated heterocycles. The monoisotopic (exact) mass is 414 g/mol. The molecule has 158 valence electrons. The van der Waals surface area contributed by atoms with E-state index < -0.39 is 11.9 Å². The van der Waals surface area contributed by atoms with Gasteiger partial charge in [-0.15, -0.1) is 0 Å². The lowest BCUT2D eigenvalue weighted by molar-refractivity contribution is -0.136. The fourth-order valence-electron chi connectivity index (χ4n) is 3.64. The van der Waals surface area contributed by atoms with Gasteiger partial charge in [0.25, 0.3) is 5.91 Å². The second-order valence-corrected chi connectivity index (χ2v) is 7.16. The maximum atomic E-state index is 12.8. The van der Waals surface area contributed by atoms with Crippen molar-refractivity contribution in [1.29, 1.82) is 0 Å².